The van der Waals surface area contributed by atoms with Crippen LogP contribution in [0.4, 0.5) is 0 Å². The van der Waals surface area contributed by atoms with Crippen molar-refractivity contribution in [2.75, 3.05) is 40.4 Å². The SMILES string of the molecule is CN(C)C(C)(C)CNC(=O)COCCN. The monoisotopic (exact) mass is 217 g/mol. The molecule has 0 heterocycles. The van der Waals surface area contributed by atoms with Crippen LogP contribution in [0.15, 0.2) is 0 Å². The quantitative estimate of drug-likeness (QED) is 0.560. The molecule has 0 aliphatic rings. The molecule has 0 aliphatic heterocycles. The van der Waals surface area contributed by atoms with Gasteiger partial charge in [0.05, 0.1) is 6.61 Å². The highest BCUT2D eigenvalue weighted by Gasteiger charge is 2.20. The molecular weight excluding hydrogens is 194 g/mol. The first-order valence-corrected chi connectivity index (χ1v) is 5.12. The van der Waals surface area contributed by atoms with Crippen LogP contribution in [0, 0.1) is 0 Å². The third kappa shape index (κ3) is 6.43. The Hall–Kier alpha value is -0.650. The summed E-state index contributed by atoms with van der Waals surface area (Å²) >= 11 is 0. The molecule has 0 rings (SSSR count). The van der Waals surface area contributed by atoms with Gasteiger partial charge in [-0.1, -0.05) is 0 Å². The highest BCUT2D eigenvalue weighted by molar-refractivity contribution is 5.77. The maximum Gasteiger partial charge on any atom is 0.246 e. The van der Waals surface area contributed by atoms with Crippen molar-refractivity contribution in [3.05, 3.63) is 0 Å². The summed E-state index contributed by atoms with van der Waals surface area (Å²) in [5.41, 5.74) is 5.18. The van der Waals surface area contributed by atoms with Crippen LogP contribution in [0.1, 0.15) is 13.8 Å². The lowest BCUT2D eigenvalue weighted by atomic mass is 10.0. The molecule has 0 atom stereocenters. The van der Waals surface area contributed by atoms with Gasteiger partial charge in [-0.3, -0.25) is 4.79 Å². The van der Waals surface area contributed by atoms with Crippen LogP contribution in [0.2, 0.25) is 0 Å². The number of carbonyl (C=O) groups excluding carboxylic acids is 1. The Labute approximate surface area is 91.9 Å². The zero-order valence-electron chi connectivity index (χ0n) is 10.2. The van der Waals surface area contributed by atoms with E-state index < -0.39 is 0 Å². The van der Waals surface area contributed by atoms with Gasteiger partial charge in [0, 0.05) is 18.6 Å². The van der Waals surface area contributed by atoms with Gasteiger partial charge >= 0.3 is 0 Å². The number of carbonyl (C=O) groups is 1. The van der Waals surface area contributed by atoms with Crippen molar-refractivity contribution in [2.24, 2.45) is 5.73 Å². The fraction of sp³-hybridized carbons (Fsp3) is 0.900. The van der Waals surface area contributed by atoms with E-state index in [0.29, 0.717) is 19.7 Å². The molecule has 15 heavy (non-hydrogen) atoms. The molecule has 0 unspecified atom stereocenters. The van der Waals surface area contributed by atoms with Gasteiger partial charge in [-0.05, 0) is 27.9 Å². The lowest BCUT2D eigenvalue weighted by Gasteiger charge is -2.32. The predicted molar refractivity (Wildman–Crippen MR) is 60.6 cm³/mol. The van der Waals surface area contributed by atoms with Crippen LogP contribution in [-0.2, 0) is 9.53 Å². The lowest BCUT2D eigenvalue weighted by Crippen LogP contribution is -2.48. The Morgan fingerprint density at radius 1 is 1.47 bits per heavy atom. The summed E-state index contributed by atoms with van der Waals surface area (Å²) < 4.78 is 5.02. The van der Waals surface area contributed by atoms with Crippen LogP contribution in [0.3, 0.4) is 0 Å². The average Bonchev–Trinajstić information content (AvgIpc) is 2.15. The molecule has 5 heteroatoms. The molecule has 0 spiro atoms. The molecule has 5 nitrogen and oxygen atoms in total. The number of hydrogen-bond acceptors (Lipinski definition) is 4. The van der Waals surface area contributed by atoms with Gasteiger partial charge in [-0.15, -0.1) is 0 Å². The molecule has 0 aromatic carbocycles. The van der Waals surface area contributed by atoms with Crippen molar-refractivity contribution < 1.29 is 9.53 Å². The third-order valence-electron chi connectivity index (χ3n) is 2.42. The van der Waals surface area contributed by atoms with Crippen LogP contribution >= 0.6 is 0 Å². The molecular formula is C10H23N3O2. The van der Waals surface area contributed by atoms with Crippen molar-refractivity contribution >= 4 is 5.91 Å². The minimum absolute atomic E-state index is 0.0521. The number of nitrogens with one attached hydrogen (secondary N) is 1. The average molecular weight is 217 g/mol. The molecule has 0 radical (unpaired) electrons. The largest absolute Gasteiger partial charge is 0.370 e. The first-order chi connectivity index (χ1) is 6.90. The van der Waals surface area contributed by atoms with E-state index in [-0.39, 0.29) is 18.1 Å². The Kier molecular flexibility index (Phi) is 6.47. The summed E-state index contributed by atoms with van der Waals surface area (Å²) in [7, 11) is 3.97. The Morgan fingerprint density at radius 2 is 2.07 bits per heavy atom. The molecule has 0 bridgehead atoms. The van der Waals surface area contributed by atoms with Crippen molar-refractivity contribution in [3.8, 4) is 0 Å². The maximum absolute atomic E-state index is 11.3. The van der Waals surface area contributed by atoms with Crippen molar-refractivity contribution in [3.63, 3.8) is 0 Å². The van der Waals surface area contributed by atoms with E-state index >= 15 is 0 Å². The maximum atomic E-state index is 11.3. The number of nitrogens with two attached hydrogens (primary N) is 1. The second-order valence-corrected chi connectivity index (χ2v) is 4.32. The van der Waals surface area contributed by atoms with E-state index in [9.17, 15) is 4.79 Å². The fourth-order valence-corrected chi connectivity index (χ4v) is 0.772. The second-order valence-electron chi connectivity index (χ2n) is 4.32. The smallest absolute Gasteiger partial charge is 0.246 e. The van der Waals surface area contributed by atoms with Gasteiger partial charge in [-0.25, -0.2) is 0 Å². The van der Waals surface area contributed by atoms with E-state index in [1.54, 1.807) is 0 Å². The molecule has 0 fully saturated rings. The van der Waals surface area contributed by atoms with E-state index in [2.05, 4.69) is 24.1 Å². The minimum Gasteiger partial charge on any atom is -0.370 e. The topological polar surface area (TPSA) is 67.6 Å². The standard InChI is InChI=1S/C10H23N3O2/c1-10(2,13(3)4)8-12-9(14)7-15-6-5-11/h5-8,11H2,1-4H3,(H,12,14). The highest BCUT2D eigenvalue weighted by Crippen LogP contribution is 2.07. The first kappa shape index (κ1) is 14.3. The van der Waals surface area contributed by atoms with Crippen LogP contribution < -0.4 is 11.1 Å². The Morgan fingerprint density at radius 3 is 2.53 bits per heavy atom. The van der Waals surface area contributed by atoms with Crippen molar-refractivity contribution in [1.29, 1.82) is 0 Å². The fourth-order valence-electron chi connectivity index (χ4n) is 0.772. The highest BCUT2D eigenvalue weighted by atomic mass is 16.5. The number of amides is 1. The molecule has 0 aromatic rings. The summed E-state index contributed by atoms with van der Waals surface area (Å²) in [6, 6.07) is 0. The summed E-state index contributed by atoms with van der Waals surface area (Å²) in [4.78, 5) is 13.4. The van der Waals surface area contributed by atoms with Crippen molar-refractivity contribution in [2.45, 2.75) is 19.4 Å². The summed E-state index contributed by atoms with van der Waals surface area (Å²) in [6.07, 6.45) is 0. The molecule has 0 saturated carbocycles. The van der Waals surface area contributed by atoms with Gasteiger partial charge in [-0.2, -0.15) is 0 Å². The van der Waals surface area contributed by atoms with Gasteiger partial charge in [0.15, 0.2) is 0 Å². The summed E-state index contributed by atoms with van der Waals surface area (Å²) in [6.45, 7) is 5.68. The lowest BCUT2D eigenvalue weighted by molar-refractivity contribution is -0.126. The van der Waals surface area contributed by atoms with Gasteiger partial charge in [0.25, 0.3) is 0 Å². The molecule has 90 valence electrons. The van der Waals surface area contributed by atoms with E-state index in [1.807, 2.05) is 14.1 Å². The molecule has 0 aromatic heterocycles. The summed E-state index contributed by atoms with van der Waals surface area (Å²) in [5, 5.41) is 2.82. The van der Waals surface area contributed by atoms with Gasteiger partial charge in [0.1, 0.15) is 6.61 Å². The second kappa shape index (κ2) is 6.76. The molecule has 0 saturated heterocycles. The number of likely N-dealkylation sites (N-methyl/N-ethyl adjacent to an activating group) is 1. The number of hydrogen-bond donors (Lipinski definition) is 2. The normalized spacial score (nSPS) is 11.9. The minimum atomic E-state index is -0.0987. The zero-order valence-corrected chi connectivity index (χ0v) is 10.2. The molecule has 0 aliphatic carbocycles. The van der Waals surface area contributed by atoms with Gasteiger partial charge in [0.2, 0.25) is 5.91 Å². The number of rotatable bonds is 7. The number of nitrogens with zero attached hydrogens (tertiary/aromatic N) is 1. The first-order valence-electron chi connectivity index (χ1n) is 5.12. The predicted octanol–water partition coefficient (Wildman–Crippen LogP) is -0.582. The Bertz CT molecular complexity index is 193. The van der Waals surface area contributed by atoms with Crippen LogP contribution in [0.25, 0.3) is 0 Å². The molecule has 3 N–H and O–H groups in total. The summed E-state index contributed by atoms with van der Waals surface area (Å²) in [5.74, 6) is -0.0987. The van der Waals surface area contributed by atoms with Crippen LogP contribution in [0.5, 0.6) is 0 Å². The zero-order chi connectivity index (χ0) is 11.9. The van der Waals surface area contributed by atoms with E-state index in [0.717, 1.165) is 0 Å². The van der Waals surface area contributed by atoms with Crippen LogP contribution in [-0.4, -0.2) is 56.7 Å². The van der Waals surface area contributed by atoms with Gasteiger partial charge < -0.3 is 20.7 Å². The van der Waals surface area contributed by atoms with E-state index in [1.165, 1.54) is 0 Å². The number of ether oxygens (including phenoxy) is 1. The third-order valence-corrected chi connectivity index (χ3v) is 2.42. The Balaban J connectivity index is 3.71. The van der Waals surface area contributed by atoms with Crippen molar-refractivity contribution in [1.82, 2.24) is 10.2 Å². The molecule has 1 amide bonds. The van der Waals surface area contributed by atoms with E-state index in [4.69, 9.17) is 10.5 Å².